The van der Waals surface area contributed by atoms with Crippen molar-refractivity contribution in [2.45, 2.75) is 24.9 Å². The first-order valence-corrected chi connectivity index (χ1v) is 7.45. The lowest BCUT2D eigenvalue weighted by molar-refractivity contribution is -0.125. The van der Waals surface area contributed by atoms with Crippen molar-refractivity contribution in [2.24, 2.45) is 16.6 Å². The van der Waals surface area contributed by atoms with Crippen molar-refractivity contribution in [3.05, 3.63) is 35.9 Å². The number of amides is 1. The first-order valence-electron chi connectivity index (χ1n) is 7.45. The fraction of sp³-hybridized carbons (Fsp3) is 0.438. The summed E-state index contributed by atoms with van der Waals surface area (Å²) in [5.74, 6) is -0.946. The van der Waals surface area contributed by atoms with Crippen LogP contribution in [0.15, 0.2) is 35.3 Å². The van der Waals surface area contributed by atoms with Crippen molar-refractivity contribution < 1.29 is 4.79 Å². The standard InChI is InChI=1S/C16H19N5O/c17-10-13-14(22)19-15(18)20-16(13)6-8-21(9-7-16)11-12-4-2-1-3-5-12/h1-5,13H,6-9,11H2,(H3,18,19,20,22). The predicted octanol–water partition coefficient (Wildman–Crippen LogP) is 0.605. The quantitative estimate of drug-likeness (QED) is 0.836. The minimum Gasteiger partial charge on any atom is -0.370 e. The van der Waals surface area contributed by atoms with E-state index in [1.54, 1.807) is 0 Å². The molecule has 0 bridgehead atoms. The number of piperidine rings is 1. The molecule has 1 spiro atoms. The van der Waals surface area contributed by atoms with Crippen LogP contribution in [0.5, 0.6) is 0 Å². The molecule has 3 N–H and O–H groups in total. The van der Waals surface area contributed by atoms with E-state index in [1.807, 2.05) is 18.2 Å². The highest BCUT2D eigenvalue weighted by Gasteiger charge is 2.48. The summed E-state index contributed by atoms with van der Waals surface area (Å²) in [6.07, 6.45) is 1.35. The monoisotopic (exact) mass is 297 g/mol. The van der Waals surface area contributed by atoms with Crippen molar-refractivity contribution in [3.63, 3.8) is 0 Å². The number of guanidine groups is 1. The summed E-state index contributed by atoms with van der Waals surface area (Å²) in [6, 6.07) is 12.4. The van der Waals surface area contributed by atoms with E-state index in [0.717, 1.165) is 19.6 Å². The highest BCUT2D eigenvalue weighted by atomic mass is 16.2. The highest BCUT2D eigenvalue weighted by molar-refractivity contribution is 6.01. The lowest BCUT2D eigenvalue weighted by Crippen LogP contribution is -2.58. The maximum atomic E-state index is 12.0. The van der Waals surface area contributed by atoms with E-state index in [2.05, 4.69) is 33.4 Å². The van der Waals surface area contributed by atoms with Crippen molar-refractivity contribution in [2.75, 3.05) is 13.1 Å². The predicted molar refractivity (Wildman–Crippen MR) is 82.6 cm³/mol. The SMILES string of the molecule is N#CC1C(=O)NC(N)=NC12CCN(Cc1ccccc1)CC2. The topological polar surface area (TPSA) is 94.5 Å². The molecule has 1 unspecified atom stereocenters. The number of carbonyl (C=O) groups excluding carboxylic acids is 1. The molecular weight excluding hydrogens is 278 g/mol. The molecule has 3 rings (SSSR count). The van der Waals surface area contributed by atoms with Gasteiger partial charge in [-0.3, -0.25) is 15.0 Å². The molecule has 1 atom stereocenters. The van der Waals surface area contributed by atoms with Crippen LogP contribution in [0.25, 0.3) is 0 Å². The molecule has 114 valence electrons. The van der Waals surface area contributed by atoms with Crippen LogP contribution in [0, 0.1) is 17.2 Å². The average Bonchev–Trinajstić information content (AvgIpc) is 2.50. The summed E-state index contributed by atoms with van der Waals surface area (Å²) in [4.78, 5) is 18.7. The van der Waals surface area contributed by atoms with E-state index < -0.39 is 11.5 Å². The number of hydrogen-bond acceptors (Lipinski definition) is 5. The van der Waals surface area contributed by atoms with Crippen LogP contribution in [0.4, 0.5) is 0 Å². The van der Waals surface area contributed by atoms with E-state index in [0.29, 0.717) is 12.8 Å². The van der Waals surface area contributed by atoms with Gasteiger partial charge in [-0.25, -0.2) is 4.99 Å². The van der Waals surface area contributed by atoms with Crippen molar-refractivity contribution in [1.82, 2.24) is 10.2 Å². The maximum absolute atomic E-state index is 12.0. The summed E-state index contributed by atoms with van der Waals surface area (Å²) in [5, 5.41) is 11.8. The van der Waals surface area contributed by atoms with Gasteiger partial charge in [0, 0.05) is 19.6 Å². The largest absolute Gasteiger partial charge is 0.370 e. The summed E-state index contributed by atoms with van der Waals surface area (Å²) < 4.78 is 0. The Hall–Kier alpha value is -2.39. The molecule has 1 aromatic rings. The van der Waals surface area contributed by atoms with Gasteiger partial charge in [-0.1, -0.05) is 30.3 Å². The molecule has 2 aliphatic rings. The van der Waals surface area contributed by atoms with Crippen LogP contribution in [-0.4, -0.2) is 35.4 Å². The number of nitrogens with two attached hydrogens (primary N) is 1. The summed E-state index contributed by atoms with van der Waals surface area (Å²) in [5.41, 5.74) is 6.31. The fourth-order valence-electron chi connectivity index (χ4n) is 3.29. The van der Waals surface area contributed by atoms with Crippen molar-refractivity contribution >= 4 is 11.9 Å². The van der Waals surface area contributed by atoms with E-state index in [4.69, 9.17) is 5.73 Å². The molecule has 2 aliphatic heterocycles. The molecule has 1 aromatic carbocycles. The number of nitriles is 1. The van der Waals surface area contributed by atoms with Gasteiger partial charge in [0.2, 0.25) is 5.91 Å². The third-order valence-electron chi connectivity index (χ3n) is 4.49. The van der Waals surface area contributed by atoms with Gasteiger partial charge < -0.3 is 5.73 Å². The second-order valence-corrected chi connectivity index (χ2v) is 5.91. The minimum absolute atomic E-state index is 0.132. The van der Waals surface area contributed by atoms with Crippen molar-refractivity contribution in [1.29, 1.82) is 5.26 Å². The van der Waals surface area contributed by atoms with Gasteiger partial charge in [0.1, 0.15) is 0 Å². The van der Waals surface area contributed by atoms with Gasteiger partial charge in [0.05, 0.1) is 11.6 Å². The van der Waals surface area contributed by atoms with Gasteiger partial charge in [-0.2, -0.15) is 5.26 Å². The molecule has 0 aromatic heterocycles. The number of benzene rings is 1. The maximum Gasteiger partial charge on any atom is 0.246 e. The van der Waals surface area contributed by atoms with Crippen LogP contribution < -0.4 is 11.1 Å². The van der Waals surface area contributed by atoms with Crippen LogP contribution in [-0.2, 0) is 11.3 Å². The number of carbonyl (C=O) groups is 1. The van der Waals surface area contributed by atoms with Gasteiger partial charge >= 0.3 is 0 Å². The van der Waals surface area contributed by atoms with E-state index in [1.165, 1.54) is 5.56 Å². The molecule has 22 heavy (non-hydrogen) atoms. The fourth-order valence-corrected chi connectivity index (χ4v) is 3.29. The third kappa shape index (κ3) is 2.68. The Bertz CT molecular complexity index is 626. The van der Waals surface area contributed by atoms with Gasteiger partial charge in [0.25, 0.3) is 0 Å². The first-order chi connectivity index (χ1) is 10.6. The Labute approximate surface area is 129 Å². The summed E-state index contributed by atoms with van der Waals surface area (Å²) in [7, 11) is 0. The van der Waals surface area contributed by atoms with Gasteiger partial charge in [0.15, 0.2) is 11.9 Å². The molecule has 1 fully saturated rings. The Morgan fingerprint density at radius 1 is 1.36 bits per heavy atom. The molecule has 6 heteroatoms. The smallest absolute Gasteiger partial charge is 0.246 e. The van der Waals surface area contributed by atoms with E-state index in [9.17, 15) is 10.1 Å². The van der Waals surface area contributed by atoms with Crippen LogP contribution in [0.3, 0.4) is 0 Å². The summed E-state index contributed by atoms with van der Waals surface area (Å²) in [6.45, 7) is 2.48. The summed E-state index contributed by atoms with van der Waals surface area (Å²) >= 11 is 0. The molecule has 0 saturated carbocycles. The Kier molecular flexibility index (Phi) is 3.82. The van der Waals surface area contributed by atoms with E-state index >= 15 is 0 Å². The Morgan fingerprint density at radius 3 is 2.68 bits per heavy atom. The lowest BCUT2D eigenvalue weighted by Gasteiger charge is -2.42. The number of hydrogen-bond donors (Lipinski definition) is 2. The molecule has 1 amide bonds. The van der Waals surface area contributed by atoms with Crippen LogP contribution in [0.1, 0.15) is 18.4 Å². The molecule has 0 radical (unpaired) electrons. The Morgan fingerprint density at radius 2 is 2.05 bits per heavy atom. The molecule has 2 heterocycles. The van der Waals surface area contributed by atoms with Gasteiger partial charge in [-0.05, 0) is 18.4 Å². The average molecular weight is 297 g/mol. The minimum atomic E-state index is -0.751. The normalized spacial score (nSPS) is 24.4. The highest BCUT2D eigenvalue weighted by Crippen LogP contribution is 2.36. The zero-order chi connectivity index (χ0) is 15.6. The van der Waals surface area contributed by atoms with Crippen molar-refractivity contribution in [3.8, 4) is 6.07 Å². The third-order valence-corrected chi connectivity index (χ3v) is 4.49. The zero-order valence-corrected chi connectivity index (χ0v) is 12.3. The second-order valence-electron chi connectivity index (χ2n) is 5.91. The molecule has 0 aliphatic carbocycles. The molecule has 1 saturated heterocycles. The zero-order valence-electron chi connectivity index (χ0n) is 12.3. The number of nitrogens with zero attached hydrogens (tertiary/aromatic N) is 3. The van der Waals surface area contributed by atoms with Crippen LogP contribution >= 0.6 is 0 Å². The number of aliphatic imine (C=N–C) groups is 1. The first kappa shape index (κ1) is 14.5. The molecular formula is C16H19N5O. The number of nitrogens with one attached hydrogen (secondary N) is 1. The second kappa shape index (κ2) is 5.78. The van der Waals surface area contributed by atoms with E-state index in [-0.39, 0.29) is 11.9 Å². The lowest BCUT2D eigenvalue weighted by atomic mass is 9.76. The van der Waals surface area contributed by atoms with Gasteiger partial charge in [-0.15, -0.1) is 0 Å². The Balaban J connectivity index is 1.71. The van der Waals surface area contributed by atoms with Crippen LogP contribution in [0.2, 0.25) is 0 Å². The number of likely N-dealkylation sites (tertiary alicyclic amines) is 1. The molecule has 6 nitrogen and oxygen atoms in total. The number of rotatable bonds is 2.